The molecule has 166 valence electrons. The Morgan fingerprint density at radius 1 is 0.714 bits per heavy atom. The Bertz CT molecular complexity index is 485. The number of allylic oxidation sites excluding steroid dienone is 2. The highest BCUT2D eigenvalue weighted by molar-refractivity contribution is 7.82. The van der Waals surface area contributed by atoms with Crippen LogP contribution in [0.1, 0.15) is 117 Å². The van der Waals surface area contributed by atoms with Crippen molar-refractivity contribution in [3.63, 3.8) is 0 Å². The molecule has 0 fully saturated rings. The molecule has 0 atom stereocenters. The minimum absolute atomic E-state index is 0.0551. The van der Waals surface area contributed by atoms with E-state index >= 15 is 0 Å². The first-order chi connectivity index (χ1) is 13.5. The monoisotopic (exact) mass is 418 g/mol. The first-order valence-electron chi connectivity index (χ1n) is 11.3. The quantitative estimate of drug-likeness (QED) is 0.164. The van der Waals surface area contributed by atoms with Crippen LogP contribution in [0.25, 0.3) is 0 Å². The van der Waals surface area contributed by atoms with Crippen molar-refractivity contribution in [2.45, 2.75) is 117 Å². The van der Waals surface area contributed by atoms with Crippen molar-refractivity contribution >= 4 is 16.4 Å². The molecule has 5 nitrogen and oxygen atoms in total. The summed E-state index contributed by atoms with van der Waals surface area (Å²) in [4.78, 5) is 11.5. The lowest BCUT2D eigenvalue weighted by Crippen LogP contribution is -2.16. The molecule has 28 heavy (non-hydrogen) atoms. The van der Waals surface area contributed by atoms with Gasteiger partial charge in [0.2, 0.25) is 0 Å². The van der Waals surface area contributed by atoms with Crippen LogP contribution in [0.15, 0.2) is 12.2 Å². The van der Waals surface area contributed by atoms with E-state index in [0.717, 1.165) is 38.5 Å². The molecule has 0 N–H and O–H groups in total. The number of carbonyl (C=O) groups is 1. The number of unbranched alkanes of at least 4 members (excludes halogenated alkanes) is 12. The Balaban J connectivity index is 3.44. The summed E-state index contributed by atoms with van der Waals surface area (Å²) < 4.78 is 31.8. The second-order valence-electron chi connectivity index (χ2n) is 7.37. The zero-order valence-corrected chi connectivity index (χ0v) is 18.9. The van der Waals surface area contributed by atoms with Gasteiger partial charge in [0.05, 0.1) is 6.61 Å². The van der Waals surface area contributed by atoms with Crippen LogP contribution in [0.4, 0.5) is 0 Å². The van der Waals surface area contributed by atoms with Crippen molar-refractivity contribution in [3.05, 3.63) is 12.2 Å². The molecule has 0 aliphatic heterocycles. The van der Waals surface area contributed by atoms with Crippen LogP contribution in [0.5, 0.6) is 0 Å². The minimum atomic E-state index is -4.18. The van der Waals surface area contributed by atoms with Gasteiger partial charge in [-0.3, -0.25) is 4.79 Å². The standard InChI is InChI=1S/C22H42O5S/c1-3-5-7-8-9-10-11-12-13-14-15-16-17-18-19-20-22(23)27-28(24,25)26-21-6-4-2/h12-13H,3-11,14-21H2,1-2H3/b13-12-. The maximum Gasteiger partial charge on any atom is 0.451 e. The lowest BCUT2D eigenvalue weighted by Gasteiger charge is -2.05. The third-order valence-electron chi connectivity index (χ3n) is 4.56. The topological polar surface area (TPSA) is 69.7 Å². The Labute approximate surface area is 173 Å². The van der Waals surface area contributed by atoms with Crippen molar-refractivity contribution in [3.8, 4) is 0 Å². The van der Waals surface area contributed by atoms with E-state index in [2.05, 4.69) is 27.4 Å². The molecule has 0 aromatic rings. The van der Waals surface area contributed by atoms with Gasteiger partial charge in [-0.2, -0.15) is 8.42 Å². The van der Waals surface area contributed by atoms with Crippen molar-refractivity contribution in [2.24, 2.45) is 0 Å². The summed E-state index contributed by atoms with van der Waals surface area (Å²) in [5.74, 6) is -0.728. The third kappa shape index (κ3) is 19.9. The van der Waals surface area contributed by atoms with E-state index in [1.807, 2.05) is 6.92 Å². The Morgan fingerprint density at radius 3 is 1.79 bits per heavy atom. The fourth-order valence-corrected chi connectivity index (χ4v) is 3.51. The number of rotatable bonds is 20. The van der Waals surface area contributed by atoms with Gasteiger partial charge in [-0.05, 0) is 38.5 Å². The van der Waals surface area contributed by atoms with Gasteiger partial charge in [0, 0.05) is 6.42 Å². The van der Waals surface area contributed by atoms with Crippen LogP contribution in [-0.2, 0) is 23.6 Å². The molecule has 0 radical (unpaired) electrons. The molecular formula is C22H42O5S. The van der Waals surface area contributed by atoms with Crippen molar-refractivity contribution in [1.29, 1.82) is 0 Å². The summed E-state index contributed by atoms with van der Waals surface area (Å²) in [5.41, 5.74) is 0. The molecule has 0 saturated carbocycles. The van der Waals surface area contributed by atoms with E-state index in [1.54, 1.807) is 0 Å². The molecule has 0 spiro atoms. The van der Waals surface area contributed by atoms with Gasteiger partial charge >= 0.3 is 16.4 Å². The molecule has 0 amide bonds. The van der Waals surface area contributed by atoms with E-state index < -0.39 is 16.4 Å². The van der Waals surface area contributed by atoms with Gasteiger partial charge in [0.25, 0.3) is 0 Å². The first-order valence-corrected chi connectivity index (χ1v) is 12.6. The van der Waals surface area contributed by atoms with Gasteiger partial charge in [0.15, 0.2) is 0 Å². The normalized spacial score (nSPS) is 11.9. The second-order valence-corrected chi connectivity index (χ2v) is 8.59. The molecule has 0 aliphatic carbocycles. The Hall–Kier alpha value is -0.880. The molecule has 0 bridgehead atoms. The van der Waals surface area contributed by atoms with Crippen LogP contribution in [-0.4, -0.2) is 21.0 Å². The summed E-state index contributed by atoms with van der Waals surface area (Å²) in [7, 11) is -4.18. The molecule has 0 aliphatic rings. The van der Waals surface area contributed by atoms with Crippen molar-refractivity contribution in [2.75, 3.05) is 6.61 Å². The van der Waals surface area contributed by atoms with Gasteiger partial charge in [-0.25, -0.2) is 4.18 Å². The Kier molecular flexibility index (Phi) is 18.8. The summed E-state index contributed by atoms with van der Waals surface area (Å²) >= 11 is 0. The fourth-order valence-electron chi connectivity index (χ4n) is 2.82. The zero-order valence-electron chi connectivity index (χ0n) is 18.1. The summed E-state index contributed by atoms with van der Waals surface area (Å²) in [5, 5.41) is 0. The average Bonchev–Trinajstić information content (AvgIpc) is 2.64. The maximum atomic E-state index is 11.5. The zero-order chi connectivity index (χ0) is 20.9. The van der Waals surface area contributed by atoms with Gasteiger partial charge in [-0.1, -0.05) is 83.8 Å². The largest absolute Gasteiger partial charge is 0.451 e. The molecule has 0 rings (SSSR count). The fraction of sp³-hybridized carbons (Fsp3) is 0.864. The number of carbonyl (C=O) groups excluding carboxylic acids is 1. The highest BCUT2D eigenvalue weighted by atomic mass is 32.3. The molecule has 0 aromatic carbocycles. The van der Waals surface area contributed by atoms with Crippen LogP contribution in [0.3, 0.4) is 0 Å². The Morgan fingerprint density at radius 2 is 1.21 bits per heavy atom. The van der Waals surface area contributed by atoms with Crippen molar-refractivity contribution < 1.29 is 21.6 Å². The molecule has 0 unspecified atom stereocenters. The van der Waals surface area contributed by atoms with E-state index in [1.165, 1.54) is 44.9 Å². The third-order valence-corrected chi connectivity index (χ3v) is 5.41. The highest BCUT2D eigenvalue weighted by Gasteiger charge is 2.17. The molecule has 6 heteroatoms. The van der Waals surface area contributed by atoms with E-state index in [4.69, 9.17) is 0 Å². The smallest absolute Gasteiger partial charge is 0.325 e. The maximum absolute atomic E-state index is 11.5. The van der Waals surface area contributed by atoms with E-state index in [9.17, 15) is 13.2 Å². The minimum Gasteiger partial charge on any atom is -0.325 e. The predicted octanol–water partition coefficient (Wildman–Crippen LogP) is 6.63. The van der Waals surface area contributed by atoms with E-state index in [-0.39, 0.29) is 13.0 Å². The van der Waals surface area contributed by atoms with Crippen LogP contribution < -0.4 is 0 Å². The van der Waals surface area contributed by atoms with Gasteiger partial charge in [-0.15, -0.1) is 0 Å². The lowest BCUT2D eigenvalue weighted by atomic mass is 10.1. The number of hydrogen-bond acceptors (Lipinski definition) is 5. The van der Waals surface area contributed by atoms with Crippen molar-refractivity contribution in [1.82, 2.24) is 0 Å². The van der Waals surface area contributed by atoms with Crippen LogP contribution in [0, 0.1) is 0 Å². The average molecular weight is 419 g/mol. The molecule has 0 heterocycles. The van der Waals surface area contributed by atoms with Crippen LogP contribution >= 0.6 is 0 Å². The van der Waals surface area contributed by atoms with Gasteiger partial charge < -0.3 is 4.18 Å². The molecule has 0 saturated heterocycles. The molecule has 0 aromatic heterocycles. The SMILES string of the molecule is CCCCCCCC/C=C\CCCCCCCC(=O)OS(=O)(=O)OCCCC. The predicted molar refractivity (Wildman–Crippen MR) is 115 cm³/mol. The number of hydrogen-bond donors (Lipinski definition) is 0. The second kappa shape index (κ2) is 19.4. The highest BCUT2D eigenvalue weighted by Crippen LogP contribution is 2.11. The summed E-state index contributed by atoms with van der Waals surface area (Å²) in [6.07, 6.45) is 21.4. The lowest BCUT2D eigenvalue weighted by molar-refractivity contribution is -0.134. The summed E-state index contributed by atoms with van der Waals surface area (Å²) in [6.45, 7) is 4.23. The first kappa shape index (κ1) is 27.1. The summed E-state index contributed by atoms with van der Waals surface area (Å²) in [6, 6.07) is 0. The van der Waals surface area contributed by atoms with E-state index in [0.29, 0.717) is 12.8 Å². The molecular weight excluding hydrogens is 376 g/mol. The van der Waals surface area contributed by atoms with Gasteiger partial charge in [0.1, 0.15) is 0 Å². The van der Waals surface area contributed by atoms with Crippen LogP contribution in [0.2, 0.25) is 0 Å².